The maximum absolute atomic E-state index is 13.1. The third-order valence-corrected chi connectivity index (χ3v) is 4.23. The van der Waals surface area contributed by atoms with E-state index in [2.05, 4.69) is 15.5 Å². The van der Waals surface area contributed by atoms with Crippen molar-refractivity contribution in [1.82, 2.24) is 15.5 Å². The van der Waals surface area contributed by atoms with Crippen LogP contribution in [0.1, 0.15) is 24.8 Å². The molecule has 1 fully saturated rings. The maximum Gasteiger partial charge on any atom is 0.315 e. The van der Waals surface area contributed by atoms with Crippen LogP contribution in [0, 0.1) is 5.82 Å². The number of hydrogen-bond donors (Lipinski definition) is 3. The molecule has 2 amide bonds. The van der Waals surface area contributed by atoms with Gasteiger partial charge in [0.15, 0.2) is 0 Å². The van der Waals surface area contributed by atoms with Gasteiger partial charge in [-0.2, -0.15) is 0 Å². The Morgan fingerprint density at radius 1 is 1.42 bits per heavy atom. The number of nitrogens with one attached hydrogen (secondary N) is 2. The molecule has 0 radical (unpaired) electrons. The molecule has 1 atom stereocenters. The van der Waals surface area contributed by atoms with E-state index in [1.54, 1.807) is 6.07 Å². The van der Waals surface area contributed by atoms with Crippen molar-refractivity contribution in [2.24, 2.45) is 0 Å². The van der Waals surface area contributed by atoms with E-state index >= 15 is 0 Å². The average Bonchev–Trinajstić information content (AvgIpc) is 2.50. The minimum Gasteiger partial charge on any atom is -0.481 e. The van der Waals surface area contributed by atoms with E-state index in [0.29, 0.717) is 18.1 Å². The Labute approximate surface area is 145 Å². The van der Waals surface area contributed by atoms with Crippen LogP contribution in [-0.2, 0) is 11.3 Å². The summed E-state index contributed by atoms with van der Waals surface area (Å²) in [6.07, 6.45) is 1.69. The molecular weight excluding hydrogens is 337 g/mol. The topological polar surface area (TPSA) is 81.7 Å². The lowest BCUT2D eigenvalue weighted by molar-refractivity contribution is -0.136. The highest BCUT2D eigenvalue weighted by atomic mass is 35.5. The number of aliphatic carboxylic acids is 1. The van der Waals surface area contributed by atoms with E-state index in [4.69, 9.17) is 16.7 Å². The number of likely N-dealkylation sites (tertiary alicyclic amines) is 1. The van der Waals surface area contributed by atoms with Gasteiger partial charge in [-0.15, -0.1) is 0 Å². The highest BCUT2D eigenvalue weighted by molar-refractivity contribution is 6.31. The zero-order valence-electron chi connectivity index (χ0n) is 13.2. The van der Waals surface area contributed by atoms with E-state index in [9.17, 15) is 14.0 Å². The molecule has 1 aromatic carbocycles. The zero-order valence-corrected chi connectivity index (χ0v) is 14.0. The molecule has 1 aliphatic rings. The summed E-state index contributed by atoms with van der Waals surface area (Å²) >= 11 is 6.06. The molecule has 0 aliphatic carbocycles. The summed E-state index contributed by atoms with van der Waals surface area (Å²) in [6.45, 7) is 2.24. The first-order chi connectivity index (χ1) is 11.4. The van der Waals surface area contributed by atoms with E-state index in [-0.39, 0.29) is 30.9 Å². The van der Waals surface area contributed by atoms with Crippen LogP contribution in [-0.4, -0.2) is 47.7 Å². The van der Waals surface area contributed by atoms with Crippen molar-refractivity contribution >= 4 is 23.6 Å². The molecule has 6 nitrogen and oxygen atoms in total. The number of carboxylic acids is 1. The fraction of sp³-hybridized carbons (Fsp3) is 0.500. The third-order valence-electron chi connectivity index (χ3n) is 3.87. The van der Waals surface area contributed by atoms with Crippen LogP contribution in [0.25, 0.3) is 0 Å². The number of carboxylic acid groups (broad SMARTS) is 1. The van der Waals surface area contributed by atoms with Crippen molar-refractivity contribution in [1.29, 1.82) is 0 Å². The Morgan fingerprint density at radius 2 is 2.21 bits per heavy atom. The number of halogens is 2. The number of rotatable bonds is 6. The summed E-state index contributed by atoms with van der Waals surface area (Å²) in [6, 6.07) is 3.99. The summed E-state index contributed by atoms with van der Waals surface area (Å²) < 4.78 is 13.1. The minimum atomic E-state index is -0.949. The molecule has 0 bridgehead atoms. The lowest BCUT2D eigenvalue weighted by Gasteiger charge is -2.33. The number of hydrogen-bond acceptors (Lipinski definition) is 3. The average molecular weight is 358 g/mol. The number of amides is 2. The molecule has 1 aliphatic heterocycles. The summed E-state index contributed by atoms with van der Waals surface area (Å²) in [5.41, 5.74) is 0.852. The summed E-state index contributed by atoms with van der Waals surface area (Å²) in [5.74, 6) is -1.31. The Hall–Kier alpha value is -1.86. The molecule has 1 aromatic rings. The van der Waals surface area contributed by atoms with Gasteiger partial charge in [-0.1, -0.05) is 17.7 Å². The highest BCUT2D eigenvalue weighted by Crippen LogP contribution is 2.21. The predicted molar refractivity (Wildman–Crippen MR) is 88.5 cm³/mol. The number of nitrogens with zero attached hydrogens (tertiary/aromatic N) is 1. The number of benzene rings is 1. The number of urea groups is 1. The van der Waals surface area contributed by atoms with Gasteiger partial charge < -0.3 is 15.7 Å². The molecule has 24 heavy (non-hydrogen) atoms. The Balaban J connectivity index is 1.80. The van der Waals surface area contributed by atoms with Crippen molar-refractivity contribution in [3.8, 4) is 0 Å². The fourth-order valence-electron chi connectivity index (χ4n) is 2.73. The van der Waals surface area contributed by atoms with Crippen LogP contribution in [0.3, 0.4) is 0 Å². The lowest BCUT2D eigenvalue weighted by Crippen LogP contribution is -2.50. The first kappa shape index (κ1) is 18.5. The Morgan fingerprint density at radius 3 is 2.92 bits per heavy atom. The van der Waals surface area contributed by atoms with E-state index in [0.717, 1.165) is 24.9 Å². The first-order valence-corrected chi connectivity index (χ1v) is 8.24. The van der Waals surface area contributed by atoms with Crippen LogP contribution in [0.15, 0.2) is 18.2 Å². The van der Waals surface area contributed by atoms with E-state index in [1.807, 2.05) is 0 Å². The van der Waals surface area contributed by atoms with Gasteiger partial charge in [0, 0.05) is 30.7 Å². The molecular formula is C16H21ClFN3O3. The van der Waals surface area contributed by atoms with Gasteiger partial charge >= 0.3 is 12.0 Å². The molecule has 0 spiro atoms. The van der Waals surface area contributed by atoms with Gasteiger partial charge in [0.2, 0.25) is 0 Å². The second-order valence-electron chi connectivity index (χ2n) is 5.85. The largest absolute Gasteiger partial charge is 0.481 e. The second kappa shape index (κ2) is 8.84. The third kappa shape index (κ3) is 5.98. The number of piperidine rings is 1. The van der Waals surface area contributed by atoms with E-state index < -0.39 is 5.97 Å². The van der Waals surface area contributed by atoms with Crippen molar-refractivity contribution < 1.29 is 19.1 Å². The predicted octanol–water partition coefficient (Wildman–Crippen LogP) is 2.22. The van der Waals surface area contributed by atoms with Gasteiger partial charge in [0.1, 0.15) is 5.82 Å². The molecule has 1 heterocycles. The standard InChI is InChI=1S/C16H21ClFN3O3/c17-14-8-12(18)4-3-11(14)9-21-7-1-2-13(10-21)20-16(24)19-6-5-15(22)23/h3-4,8,13H,1-2,5-7,9-10H2,(H,22,23)(H2,19,20,24). The van der Waals surface area contributed by atoms with Crippen molar-refractivity contribution in [2.45, 2.75) is 31.8 Å². The number of carbonyl (C=O) groups is 2. The van der Waals surface area contributed by atoms with Crippen LogP contribution in [0.4, 0.5) is 9.18 Å². The summed E-state index contributed by atoms with van der Waals surface area (Å²) in [5, 5.41) is 14.3. The van der Waals surface area contributed by atoms with Gasteiger partial charge in [0.25, 0.3) is 0 Å². The van der Waals surface area contributed by atoms with Crippen molar-refractivity contribution in [2.75, 3.05) is 19.6 Å². The molecule has 2 rings (SSSR count). The summed E-state index contributed by atoms with van der Waals surface area (Å²) in [4.78, 5) is 24.3. The molecule has 1 saturated heterocycles. The Kier molecular flexibility index (Phi) is 6.81. The fourth-order valence-corrected chi connectivity index (χ4v) is 2.95. The first-order valence-electron chi connectivity index (χ1n) is 7.86. The maximum atomic E-state index is 13.1. The van der Waals surface area contributed by atoms with Crippen LogP contribution >= 0.6 is 11.6 Å². The molecule has 1 unspecified atom stereocenters. The van der Waals surface area contributed by atoms with Gasteiger partial charge in [-0.05, 0) is 37.1 Å². The Bertz CT molecular complexity index is 600. The normalized spacial score (nSPS) is 18.2. The lowest BCUT2D eigenvalue weighted by atomic mass is 10.0. The van der Waals surface area contributed by atoms with Gasteiger partial charge in [0.05, 0.1) is 6.42 Å². The van der Waals surface area contributed by atoms with Crippen molar-refractivity contribution in [3.05, 3.63) is 34.6 Å². The molecule has 0 aromatic heterocycles. The van der Waals surface area contributed by atoms with Crippen LogP contribution in [0.2, 0.25) is 5.02 Å². The molecule has 8 heteroatoms. The van der Waals surface area contributed by atoms with Crippen LogP contribution in [0.5, 0.6) is 0 Å². The summed E-state index contributed by atoms with van der Waals surface area (Å²) in [7, 11) is 0. The SMILES string of the molecule is O=C(O)CCNC(=O)NC1CCCN(Cc2ccc(F)cc2Cl)C1. The monoisotopic (exact) mass is 357 g/mol. The highest BCUT2D eigenvalue weighted by Gasteiger charge is 2.22. The smallest absolute Gasteiger partial charge is 0.315 e. The van der Waals surface area contributed by atoms with Crippen molar-refractivity contribution in [3.63, 3.8) is 0 Å². The second-order valence-corrected chi connectivity index (χ2v) is 6.26. The van der Waals surface area contributed by atoms with Crippen LogP contribution < -0.4 is 10.6 Å². The molecule has 132 valence electrons. The van der Waals surface area contributed by atoms with Gasteiger partial charge in [-0.3, -0.25) is 9.69 Å². The quantitative estimate of drug-likeness (QED) is 0.729. The van der Waals surface area contributed by atoms with Gasteiger partial charge in [-0.25, -0.2) is 9.18 Å². The number of carbonyl (C=O) groups excluding carboxylic acids is 1. The molecule has 0 saturated carbocycles. The minimum absolute atomic E-state index is 0.0113. The van der Waals surface area contributed by atoms with E-state index in [1.165, 1.54) is 12.1 Å². The molecule has 3 N–H and O–H groups in total. The zero-order chi connectivity index (χ0) is 17.5.